The first-order valence-corrected chi connectivity index (χ1v) is 11.0. The molecular formula is C26H22ClN5. The molecule has 0 saturated heterocycles. The largest absolute Gasteiger partial charge is 0.371 e. The molecule has 4 rings (SSSR count). The maximum Gasteiger partial charge on any atom is 0.155 e. The van der Waals surface area contributed by atoms with Crippen LogP contribution in [0.3, 0.4) is 0 Å². The third-order valence-corrected chi connectivity index (χ3v) is 5.83. The molecule has 6 heteroatoms. The average molecular weight is 440 g/mol. The molecule has 2 aromatic rings. The zero-order chi connectivity index (χ0) is 22.3. The summed E-state index contributed by atoms with van der Waals surface area (Å²) in [6.07, 6.45) is 18.7. The highest BCUT2D eigenvalue weighted by molar-refractivity contribution is 6.30. The van der Waals surface area contributed by atoms with Gasteiger partial charge in [-0.3, -0.25) is 4.98 Å². The first-order valence-electron chi connectivity index (χ1n) is 10.6. The van der Waals surface area contributed by atoms with Crippen molar-refractivity contribution < 1.29 is 0 Å². The number of nitriles is 2. The van der Waals surface area contributed by atoms with Gasteiger partial charge in [-0.1, -0.05) is 35.9 Å². The van der Waals surface area contributed by atoms with Gasteiger partial charge in [0.25, 0.3) is 0 Å². The maximum atomic E-state index is 8.70. The molecule has 0 bridgehead atoms. The molecule has 0 saturated carbocycles. The van der Waals surface area contributed by atoms with Crippen LogP contribution >= 0.6 is 11.6 Å². The number of nitrogens with zero attached hydrogens (tertiary/aromatic N) is 5. The number of hydrogen-bond donors (Lipinski definition) is 0. The monoisotopic (exact) mass is 439 g/mol. The van der Waals surface area contributed by atoms with E-state index in [1.807, 2.05) is 6.08 Å². The minimum atomic E-state index is 0.0455. The molecule has 158 valence electrons. The predicted octanol–water partition coefficient (Wildman–Crippen LogP) is 5.54. The van der Waals surface area contributed by atoms with Gasteiger partial charge in [0, 0.05) is 18.8 Å². The van der Waals surface area contributed by atoms with Crippen molar-refractivity contribution in [3.05, 3.63) is 81.4 Å². The van der Waals surface area contributed by atoms with Gasteiger partial charge in [-0.2, -0.15) is 10.5 Å². The Hall–Kier alpha value is -3.67. The van der Waals surface area contributed by atoms with Crippen LogP contribution in [-0.4, -0.2) is 23.1 Å². The molecule has 2 aliphatic rings. The second-order valence-corrected chi connectivity index (χ2v) is 8.09. The summed E-state index contributed by atoms with van der Waals surface area (Å²) < 4.78 is 0. The molecule has 0 atom stereocenters. The van der Waals surface area contributed by atoms with Gasteiger partial charge in [0.15, 0.2) is 5.15 Å². The van der Waals surface area contributed by atoms with Gasteiger partial charge >= 0.3 is 0 Å². The van der Waals surface area contributed by atoms with Gasteiger partial charge in [0.1, 0.15) is 23.4 Å². The molecule has 3 heterocycles. The Morgan fingerprint density at radius 3 is 2.34 bits per heavy atom. The molecule has 1 aromatic heterocycles. The zero-order valence-corrected chi connectivity index (χ0v) is 18.4. The normalized spacial score (nSPS) is 15.0. The van der Waals surface area contributed by atoms with Crippen LogP contribution in [0.1, 0.15) is 40.9 Å². The lowest BCUT2D eigenvalue weighted by Crippen LogP contribution is -2.34. The molecule has 0 unspecified atom stereocenters. The summed E-state index contributed by atoms with van der Waals surface area (Å²) in [6.45, 7) is 2.36. The lowest BCUT2D eigenvalue weighted by Gasteiger charge is -2.37. The standard InChI is InChI=1S/C26H22ClN5/c27-26-24(9-3-1-2-6-20(16-28)17-29)30-18-23(31-26)11-10-19-14-21-7-4-12-32-13-5-8-22(15-19)25(21)32/h1-3,6,9-11,14-15,18H,4-5,7-8,12-13H2/b2-1+,9-3+,11-10+. The van der Waals surface area contributed by atoms with Crippen molar-refractivity contribution in [1.82, 2.24) is 9.97 Å². The van der Waals surface area contributed by atoms with Crippen molar-refractivity contribution >= 4 is 35.5 Å². The van der Waals surface area contributed by atoms with Crippen LogP contribution in [0.15, 0.2) is 48.2 Å². The lowest BCUT2D eigenvalue weighted by molar-refractivity contribution is 0.634. The van der Waals surface area contributed by atoms with Crippen molar-refractivity contribution in [2.24, 2.45) is 0 Å². The molecule has 0 aliphatic carbocycles. The summed E-state index contributed by atoms with van der Waals surface area (Å²) in [5, 5.41) is 17.7. The Labute approximate surface area is 193 Å². The average Bonchev–Trinajstić information content (AvgIpc) is 2.81. The number of anilines is 1. The molecule has 0 fully saturated rings. The molecule has 32 heavy (non-hydrogen) atoms. The molecule has 1 aromatic carbocycles. The second kappa shape index (κ2) is 10.1. The second-order valence-electron chi connectivity index (χ2n) is 7.73. The van der Waals surface area contributed by atoms with Crippen LogP contribution in [0.2, 0.25) is 5.15 Å². The summed E-state index contributed by atoms with van der Waals surface area (Å²) in [5.41, 5.74) is 6.87. The van der Waals surface area contributed by atoms with E-state index in [0.29, 0.717) is 16.5 Å². The van der Waals surface area contributed by atoms with E-state index in [9.17, 15) is 0 Å². The fourth-order valence-corrected chi connectivity index (χ4v) is 4.36. The van der Waals surface area contributed by atoms with Gasteiger partial charge in [-0.15, -0.1) is 0 Å². The molecule has 2 aliphatic heterocycles. The maximum absolute atomic E-state index is 8.70. The van der Waals surface area contributed by atoms with Crippen LogP contribution in [0.25, 0.3) is 18.2 Å². The van der Waals surface area contributed by atoms with E-state index in [1.165, 1.54) is 54.4 Å². The fraction of sp³-hybridized carbons (Fsp3) is 0.231. The van der Waals surface area contributed by atoms with Crippen LogP contribution in [0.5, 0.6) is 0 Å². The van der Waals surface area contributed by atoms with Crippen molar-refractivity contribution in [3.8, 4) is 12.1 Å². The van der Waals surface area contributed by atoms with Gasteiger partial charge in [0.2, 0.25) is 0 Å². The summed E-state index contributed by atoms with van der Waals surface area (Å²) in [7, 11) is 0. The minimum Gasteiger partial charge on any atom is -0.371 e. The van der Waals surface area contributed by atoms with Crippen molar-refractivity contribution in [1.29, 1.82) is 10.5 Å². The zero-order valence-electron chi connectivity index (χ0n) is 17.6. The lowest BCUT2D eigenvalue weighted by atomic mass is 9.90. The van der Waals surface area contributed by atoms with Crippen molar-refractivity contribution in [2.75, 3.05) is 18.0 Å². The highest BCUT2D eigenvalue weighted by Crippen LogP contribution is 2.36. The number of aryl methyl sites for hydroxylation is 2. The van der Waals surface area contributed by atoms with Crippen molar-refractivity contribution in [2.45, 2.75) is 25.7 Å². The molecule has 0 amide bonds. The molecule has 0 radical (unpaired) electrons. The number of halogens is 1. The Kier molecular flexibility index (Phi) is 6.80. The molecule has 0 N–H and O–H groups in total. The van der Waals surface area contributed by atoms with Gasteiger partial charge in [-0.25, -0.2) is 4.98 Å². The molecule has 0 spiro atoms. The van der Waals surface area contributed by atoms with E-state index in [1.54, 1.807) is 42.6 Å². The topological polar surface area (TPSA) is 76.6 Å². The number of allylic oxidation sites excluding steroid dienone is 5. The summed E-state index contributed by atoms with van der Waals surface area (Å²) in [5.74, 6) is 0. The summed E-state index contributed by atoms with van der Waals surface area (Å²) >= 11 is 6.30. The third-order valence-electron chi connectivity index (χ3n) is 5.56. The van der Waals surface area contributed by atoms with Crippen molar-refractivity contribution in [3.63, 3.8) is 0 Å². The number of hydrogen-bond acceptors (Lipinski definition) is 5. The van der Waals surface area contributed by atoms with Crippen LogP contribution < -0.4 is 4.90 Å². The summed E-state index contributed by atoms with van der Waals surface area (Å²) in [6, 6.07) is 8.19. The number of rotatable bonds is 5. The predicted molar refractivity (Wildman–Crippen MR) is 129 cm³/mol. The Morgan fingerprint density at radius 1 is 0.969 bits per heavy atom. The van der Waals surface area contributed by atoms with E-state index in [4.69, 9.17) is 22.1 Å². The van der Waals surface area contributed by atoms with E-state index < -0.39 is 0 Å². The number of benzene rings is 1. The van der Waals surface area contributed by atoms with E-state index in [2.05, 4.69) is 33.1 Å². The SMILES string of the molecule is N#CC(C#N)=C/C=C/C=C/c1ncc(/C=C/c2cc3c4c(c2)CCCN4CCC3)nc1Cl. The van der Waals surface area contributed by atoms with Crippen LogP contribution in [0, 0.1) is 22.7 Å². The van der Waals surface area contributed by atoms with Gasteiger partial charge in [0.05, 0.1) is 11.9 Å². The third kappa shape index (κ3) is 4.97. The Balaban J connectivity index is 1.47. The van der Waals surface area contributed by atoms with E-state index in [0.717, 1.165) is 12.8 Å². The highest BCUT2D eigenvalue weighted by Gasteiger charge is 2.23. The first-order chi connectivity index (χ1) is 15.7. The van der Waals surface area contributed by atoms with Gasteiger partial charge in [-0.05, 0) is 72.7 Å². The van der Waals surface area contributed by atoms with E-state index in [-0.39, 0.29) is 5.57 Å². The molecular weight excluding hydrogens is 418 g/mol. The number of aromatic nitrogens is 2. The van der Waals surface area contributed by atoms with E-state index >= 15 is 0 Å². The Bertz CT molecular complexity index is 1180. The smallest absolute Gasteiger partial charge is 0.155 e. The fourth-order valence-electron chi connectivity index (χ4n) is 4.15. The molecule has 5 nitrogen and oxygen atoms in total. The quantitative estimate of drug-likeness (QED) is 0.451. The van der Waals surface area contributed by atoms with Gasteiger partial charge < -0.3 is 4.90 Å². The minimum absolute atomic E-state index is 0.0455. The highest BCUT2D eigenvalue weighted by atomic mass is 35.5. The van der Waals surface area contributed by atoms with Crippen LogP contribution in [0.4, 0.5) is 5.69 Å². The Morgan fingerprint density at radius 2 is 1.69 bits per heavy atom. The first kappa shape index (κ1) is 21.6. The van der Waals surface area contributed by atoms with Crippen LogP contribution in [-0.2, 0) is 12.8 Å². The summed E-state index contributed by atoms with van der Waals surface area (Å²) in [4.78, 5) is 11.4.